The topological polar surface area (TPSA) is 41.6 Å². The number of rotatable bonds is 5. The van der Waals surface area contributed by atoms with Crippen LogP contribution in [0.1, 0.15) is 24.8 Å². The number of hydrogen-bond acceptors (Lipinski definition) is 3. The van der Waals surface area contributed by atoms with Gasteiger partial charge in [0, 0.05) is 28.9 Å². The van der Waals surface area contributed by atoms with Gasteiger partial charge in [0.15, 0.2) is 6.61 Å². The fourth-order valence-electron chi connectivity index (χ4n) is 3.11. The lowest BCUT2D eigenvalue weighted by molar-refractivity contribution is -0.118. The van der Waals surface area contributed by atoms with Crippen LogP contribution in [0.25, 0.3) is 0 Å². The van der Waals surface area contributed by atoms with Gasteiger partial charge >= 0.3 is 0 Å². The minimum absolute atomic E-state index is 0.0328. The van der Waals surface area contributed by atoms with Crippen LogP contribution < -0.4 is 15.0 Å². The van der Waals surface area contributed by atoms with Crippen molar-refractivity contribution in [1.82, 2.24) is 0 Å². The van der Waals surface area contributed by atoms with Crippen LogP contribution >= 0.6 is 31.9 Å². The highest BCUT2D eigenvalue weighted by Crippen LogP contribution is 2.32. The third kappa shape index (κ3) is 5.01. The lowest BCUT2D eigenvalue weighted by atomic mass is 10.1. The highest BCUT2D eigenvalue weighted by Gasteiger charge is 2.12. The van der Waals surface area contributed by atoms with Crippen molar-refractivity contribution in [3.63, 3.8) is 0 Å². The fraction of sp³-hybridized carbons (Fsp3) is 0.350. The molecule has 1 fully saturated rings. The molecule has 2 aromatic rings. The van der Waals surface area contributed by atoms with Crippen molar-refractivity contribution in [2.45, 2.75) is 26.2 Å². The van der Waals surface area contributed by atoms with Gasteiger partial charge in [-0.15, -0.1) is 0 Å². The van der Waals surface area contributed by atoms with Crippen molar-refractivity contribution in [3.8, 4) is 5.75 Å². The molecule has 1 aliphatic rings. The Kier molecular flexibility index (Phi) is 6.59. The second-order valence-electron chi connectivity index (χ2n) is 6.47. The molecule has 2 aromatic carbocycles. The van der Waals surface area contributed by atoms with Crippen molar-refractivity contribution < 1.29 is 9.53 Å². The van der Waals surface area contributed by atoms with Gasteiger partial charge in [0.25, 0.3) is 5.91 Å². The van der Waals surface area contributed by atoms with Gasteiger partial charge in [0.05, 0.1) is 4.47 Å². The molecule has 0 atom stereocenters. The number of anilines is 2. The zero-order valence-corrected chi connectivity index (χ0v) is 17.9. The third-order valence-electron chi connectivity index (χ3n) is 4.41. The van der Waals surface area contributed by atoms with E-state index in [2.05, 4.69) is 54.2 Å². The molecular formula is C20H22Br2N2O2. The number of nitrogens with one attached hydrogen (secondary N) is 1. The van der Waals surface area contributed by atoms with Crippen LogP contribution in [0.3, 0.4) is 0 Å². The monoisotopic (exact) mass is 480 g/mol. The summed E-state index contributed by atoms with van der Waals surface area (Å²) < 4.78 is 7.48. The average Bonchev–Trinajstić information content (AvgIpc) is 2.62. The molecule has 1 N–H and O–H groups in total. The molecule has 1 aliphatic heterocycles. The lowest BCUT2D eigenvalue weighted by Crippen LogP contribution is -2.29. The number of amides is 1. The summed E-state index contributed by atoms with van der Waals surface area (Å²) in [6.07, 6.45) is 3.82. The van der Waals surface area contributed by atoms with Crippen LogP contribution in [-0.4, -0.2) is 25.6 Å². The molecule has 0 aliphatic carbocycles. The molecular weight excluding hydrogens is 460 g/mol. The molecule has 0 saturated carbocycles. The maximum Gasteiger partial charge on any atom is 0.262 e. The van der Waals surface area contributed by atoms with E-state index in [1.165, 1.54) is 24.9 Å². The SMILES string of the molecule is Cc1cc(Br)cc(Br)c1OCC(=O)Nc1ccc(N2CCCCC2)cc1. The van der Waals surface area contributed by atoms with Crippen LogP contribution in [0.4, 0.5) is 11.4 Å². The van der Waals surface area contributed by atoms with Gasteiger partial charge in [-0.3, -0.25) is 4.79 Å². The van der Waals surface area contributed by atoms with Gasteiger partial charge < -0.3 is 15.0 Å². The Hall–Kier alpha value is -1.53. The summed E-state index contributed by atoms with van der Waals surface area (Å²) in [5.74, 6) is 0.508. The molecule has 0 radical (unpaired) electrons. The first-order valence-corrected chi connectivity index (χ1v) is 10.3. The summed E-state index contributed by atoms with van der Waals surface area (Å²) in [6.45, 7) is 4.14. The van der Waals surface area contributed by atoms with Crippen LogP contribution in [0.5, 0.6) is 5.75 Å². The van der Waals surface area contributed by atoms with Crippen molar-refractivity contribution in [1.29, 1.82) is 0 Å². The minimum atomic E-state index is -0.176. The third-order valence-corrected chi connectivity index (χ3v) is 5.46. The van der Waals surface area contributed by atoms with Gasteiger partial charge in [-0.05, 0) is 84.1 Å². The number of aryl methyl sites for hydroxylation is 1. The Bertz CT molecular complexity index is 749. The fourth-order valence-corrected chi connectivity index (χ4v) is 4.67. The number of halogens is 2. The molecule has 138 valence electrons. The molecule has 6 heteroatoms. The highest BCUT2D eigenvalue weighted by atomic mass is 79.9. The number of piperidine rings is 1. The smallest absolute Gasteiger partial charge is 0.262 e. The van der Waals surface area contributed by atoms with E-state index in [1.807, 2.05) is 31.2 Å². The first-order valence-electron chi connectivity index (χ1n) is 8.76. The van der Waals surface area contributed by atoms with Crippen LogP contribution in [0, 0.1) is 6.92 Å². The predicted octanol–water partition coefficient (Wildman–Crippen LogP) is 5.53. The molecule has 1 saturated heterocycles. The maximum atomic E-state index is 12.2. The molecule has 3 rings (SSSR count). The molecule has 1 amide bonds. The second-order valence-corrected chi connectivity index (χ2v) is 8.24. The number of benzene rings is 2. The van der Waals surface area contributed by atoms with Crippen molar-refractivity contribution in [2.75, 3.05) is 29.9 Å². The first-order chi connectivity index (χ1) is 12.5. The van der Waals surface area contributed by atoms with Crippen molar-refractivity contribution >= 4 is 49.1 Å². The Labute approximate surface area is 171 Å². The van der Waals surface area contributed by atoms with E-state index in [0.717, 1.165) is 33.3 Å². The zero-order chi connectivity index (χ0) is 18.5. The average molecular weight is 482 g/mol. The second kappa shape index (κ2) is 8.91. The normalized spacial score (nSPS) is 14.2. The van der Waals surface area contributed by atoms with E-state index in [-0.39, 0.29) is 12.5 Å². The number of ether oxygens (including phenoxy) is 1. The maximum absolute atomic E-state index is 12.2. The molecule has 0 spiro atoms. The number of carbonyl (C=O) groups excluding carboxylic acids is 1. The van der Waals surface area contributed by atoms with Crippen molar-refractivity contribution in [3.05, 3.63) is 50.9 Å². The molecule has 1 heterocycles. The summed E-state index contributed by atoms with van der Waals surface area (Å²) in [4.78, 5) is 14.6. The number of carbonyl (C=O) groups is 1. The Morgan fingerprint density at radius 3 is 2.46 bits per heavy atom. The lowest BCUT2D eigenvalue weighted by Gasteiger charge is -2.28. The van der Waals surface area contributed by atoms with E-state index in [0.29, 0.717) is 5.75 Å². The zero-order valence-electron chi connectivity index (χ0n) is 14.7. The van der Waals surface area contributed by atoms with Crippen LogP contribution in [0.2, 0.25) is 0 Å². The van der Waals surface area contributed by atoms with Crippen LogP contribution in [-0.2, 0) is 4.79 Å². The first kappa shape index (κ1) is 19.2. The summed E-state index contributed by atoms with van der Waals surface area (Å²) in [5.41, 5.74) is 2.96. The van der Waals surface area contributed by atoms with E-state index >= 15 is 0 Å². The molecule has 0 bridgehead atoms. The summed E-state index contributed by atoms with van der Waals surface area (Å²) in [6, 6.07) is 11.9. The largest absolute Gasteiger partial charge is 0.482 e. The molecule has 4 nitrogen and oxygen atoms in total. The summed E-state index contributed by atoms with van der Waals surface area (Å²) in [5, 5.41) is 2.89. The van der Waals surface area contributed by atoms with Gasteiger partial charge in [-0.1, -0.05) is 15.9 Å². The highest BCUT2D eigenvalue weighted by molar-refractivity contribution is 9.11. The molecule has 26 heavy (non-hydrogen) atoms. The standard InChI is InChI=1S/C20H22Br2N2O2/c1-14-11-15(21)12-18(22)20(14)26-13-19(25)23-16-5-7-17(8-6-16)24-9-3-2-4-10-24/h5-8,11-12H,2-4,9-10,13H2,1H3,(H,23,25). The molecule has 0 unspecified atom stereocenters. The Morgan fingerprint density at radius 1 is 1.12 bits per heavy atom. The van der Waals surface area contributed by atoms with Gasteiger partial charge in [0.2, 0.25) is 0 Å². The van der Waals surface area contributed by atoms with Gasteiger partial charge in [0.1, 0.15) is 5.75 Å². The van der Waals surface area contributed by atoms with E-state index in [1.54, 1.807) is 0 Å². The Balaban J connectivity index is 1.55. The van der Waals surface area contributed by atoms with Gasteiger partial charge in [-0.2, -0.15) is 0 Å². The number of hydrogen-bond donors (Lipinski definition) is 1. The minimum Gasteiger partial charge on any atom is -0.482 e. The van der Waals surface area contributed by atoms with E-state index < -0.39 is 0 Å². The number of nitrogens with zero attached hydrogens (tertiary/aromatic N) is 1. The van der Waals surface area contributed by atoms with Gasteiger partial charge in [-0.25, -0.2) is 0 Å². The van der Waals surface area contributed by atoms with Crippen LogP contribution in [0.15, 0.2) is 45.3 Å². The van der Waals surface area contributed by atoms with E-state index in [4.69, 9.17) is 4.74 Å². The quantitative estimate of drug-likeness (QED) is 0.610. The van der Waals surface area contributed by atoms with E-state index in [9.17, 15) is 4.79 Å². The Morgan fingerprint density at radius 2 is 1.81 bits per heavy atom. The predicted molar refractivity (Wildman–Crippen MR) is 113 cm³/mol. The molecule has 0 aromatic heterocycles. The summed E-state index contributed by atoms with van der Waals surface area (Å²) >= 11 is 6.91. The van der Waals surface area contributed by atoms with Crippen molar-refractivity contribution in [2.24, 2.45) is 0 Å². The summed E-state index contributed by atoms with van der Waals surface area (Å²) in [7, 11) is 0.